The summed E-state index contributed by atoms with van der Waals surface area (Å²) in [7, 11) is 1.66. The predicted octanol–water partition coefficient (Wildman–Crippen LogP) is 2.73. The highest BCUT2D eigenvalue weighted by Crippen LogP contribution is 2.13. The summed E-state index contributed by atoms with van der Waals surface area (Å²) < 4.78 is 10.7. The minimum Gasteiger partial charge on any atom is -0.497 e. The van der Waals surface area contributed by atoms with Crippen LogP contribution in [0.25, 0.3) is 11.0 Å². The molecule has 0 fully saturated rings. The van der Waals surface area contributed by atoms with Gasteiger partial charge in [0.15, 0.2) is 5.65 Å². The number of fused-ring (bicyclic) bond motifs is 1. The number of nitrogens with one attached hydrogen (secondary N) is 1. The first-order chi connectivity index (χ1) is 11.8. The van der Waals surface area contributed by atoms with E-state index in [9.17, 15) is 4.79 Å². The Morgan fingerprint density at radius 1 is 1.12 bits per heavy atom. The second-order valence-corrected chi connectivity index (χ2v) is 5.40. The fourth-order valence-corrected chi connectivity index (χ4v) is 2.41. The quantitative estimate of drug-likeness (QED) is 0.676. The van der Waals surface area contributed by atoms with Gasteiger partial charge in [-0.3, -0.25) is 9.78 Å². The van der Waals surface area contributed by atoms with Gasteiger partial charge in [-0.2, -0.15) is 4.98 Å². The molecule has 3 aromatic rings. The number of unbranched alkanes of at least 4 members (excludes halogenated alkanes) is 1. The van der Waals surface area contributed by atoms with E-state index in [2.05, 4.69) is 27.1 Å². The third-order valence-electron chi connectivity index (χ3n) is 3.72. The lowest BCUT2D eigenvalue weighted by atomic mass is 10.1. The summed E-state index contributed by atoms with van der Waals surface area (Å²) in [5, 5.41) is 0.462. The molecule has 24 heavy (non-hydrogen) atoms. The number of nitrogens with zero attached hydrogens (tertiary/aromatic N) is 2. The van der Waals surface area contributed by atoms with Crippen LogP contribution in [0.1, 0.15) is 18.4 Å². The maximum Gasteiger partial charge on any atom is 0.298 e. The van der Waals surface area contributed by atoms with Crippen LogP contribution in [-0.4, -0.2) is 28.7 Å². The molecule has 0 aliphatic rings. The Kier molecular flexibility index (Phi) is 5.05. The van der Waals surface area contributed by atoms with E-state index < -0.39 is 0 Å². The molecule has 1 N–H and O–H groups in total. The Balaban J connectivity index is 1.48. The van der Waals surface area contributed by atoms with Gasteiger partial charge in [-0.1, -0.05) is 12.1 Å². The molecule has 0 aliphatic carbocycles. The molecule has 0 spiro atoms. The number of methoxy groups -OCH3 is 1. The molecule has 0 atom stereocenters. The molecule has 0 amide bonds. The number of ether oxygens (including phenoxy) is 2. The fourth-order valence-electron chi connectivity index (χ4n) is 2.41. The fraction of sp³-hybridized carbons (Fsp3) is 0.278. The van der Waals surface area contributed by atoms with E-state index in [0.717, 1.165) is 25.0 Å². The number of aryl methyl sites for hydroxylation is 1. The molecule has 124 valence electrons. The molecule has 0 saturated heterocycles. The largest absolute Gasteiger partial charge is 0.497 e. The van der Waals surface area contributed by atoms with Gasteiger partial charge in [0.2, 0.25) is 0 Å². The van der Waals surface area contributed by atoms with Crippen LogP contribution in [0.4, 0.5) is 0 Å². The van der Waals surface area contributed by atoms with Gasteiger partial charge >= 0.3 is 0 Å². The Hall–Kier alpha value is -2.89. The van der Waals surface area contributed by atoms with Crippen molar-refractivity contribution in [1.82, 2.24) is 15.0 Å². The Morgan fingerprint density at radius 3 is 2.75 bits per heavy atom. The van der Waals surface area contributed by atoms with E-state index in [1.54, 1.807) is 25.4 Å². The van der Waals surface area contributed by atoms with E-state index >= 15 is 0 Å². The summed E-state index contributed by atoms with van der Waals surface area (Å²) >= 11 is 0. The summed E-state index contributed by atoms with van der Waals surface area (Å²) in [5.74, 6) is 0.863. The van der Waals surface area contributed by atoms with E-state index in [1.165, 1.54) is 5.56 Å². The number of H-pyrrole nitrogens is 1. The van der Waals surface area contributed by atoms with Crippen molar-refractivity contribution in [1.29, 1.82) is 0 Å². The molecule has 6 heteroatoms. The van der Waals surface area contributed by atoms with Crippen molar-refractivity contribution in [3.05, 3.63) is 58.5 Å². The Bertz CT molecular complexity index is 859. The predicted molar refractivity (Wildman–Crippen MR) is 91.6 cm³/mol. The minimum atomic E-state index is -0.235. The van der Waals surface area contributed by atoms with Crippen LogP contribution >= 0.6 is 0 Å². The molecule has 2 heterocycles. The van der Waals surface area contributed by atoms with Crippen LogP contribution in [0.3, 0.4) is 0 Å². The highest BCUT2D eigenvalue weighted by atomic mass is 16.5. The standard InChI is InChI=1S/C18H19N3O3/c1-23-14-9-7-13(8-10-14)5-2-3-12-24-18-20-16-15(17(22)21-18)6-4-11-19-16/h4,6-11H,2-3,5,12H2,1H3,(H,19,20,21,22). The zero-order valence-electron chi connectivity index (χ0n) is 13.5. The van der Waals surface area contributed by atoms with Gasteiger partial charge in [-0.05, 0) is 49.1 Å². The summed E-state index contributed by atoms with van der Waals surface area (Å²) in [6.07, 6.45) is 4.43. The summed E-state index contributed by atoms with van der Waals surface area (Å²) in [6, 6.07) is 11.7. The second-order valence-electron chi connectivity index (χ2n) is 5.40. The van der Waals surface area contributed by atoms with Gasteiger partial charge in [0.1, 0.15) is 5.75 Å². The lowest BCUT2D eigenvalue weighted by Crippen LogP contribution is -2.12. The highest BCUT2D eigenvalue weighted by Gasteiger charge is 2.04. The molecule has 3 rings (SSSR count). The first-order valence-corrected chi connectivity index (χ1v) is 7.87. The molecular formula is C18H19N3O3. The minimum absolute atomic E-state index is 0.218. The average molecular weight is 325 g/mol. The van der Waals surface area contributed by atoms with Crippen molar-refractivity contribution in [2.24, 2.45) is 0 Å². The number of aromatic nitrogens is 3. The molecule has 0 radical (unpaired) electrons. The van der Waals surface area contributed by atoms with Gasteiger partial charge in [0, 0.05) is 6.20 Å². The van der Waals surface area contributed by atoms with Gasteiger partial charge < -0.3 is 9.47 Å². The van der Waals surface area contributed by atoms with Crippen LogP contribution in [-0.2, 0) is 6.42 Å². The smallest absolute Gasteiger partial charge is 0.298 e. The molecule has 0 bridgehead atoms. The lowest BCUT2D eigenvalue weighted by Gasteiger charge is -2.06. The van der Waals surface area contributed by atoms with Crippen LogP contribution in [0.15, 0.2) is 47.4 Å². The van der Waals surface area contributed by atoms with Crippen LogP contribution < -0.4 is 15.0 Å². The second kappa shape index (κ2) is 7.59. The molecule has 0 aliphatic heterocycles. The van der Waals surface area contributed by atoms with E-state index in [1.807, 2.05) is 12.1 Å². The third-order valence-corrected chi connectivity index (χ3v) is 3.72. The lowest BCUT2D eigenvalue weighted by molar-refractivity contribution is 0.283. The number of hydrogen-bond donors (Lipinski definition) is 1. The first-order valence-electron chi connectivity index (χ1n) is 7.87. The van der Waals surface area contributed by atoms with Crippen LogP contribution in [0, 0.1) is 0 Å². The van der Waals surface area contributed by atoms with Crippen molar-refractivity contribution < 1.29 is 9.47 Å². The first kappa shape index (κ1) is 16.0. The molecule has 0 saturated carbocycles. The van der Waals surface area contributed by atoms with Crippen LogP contribution in [0.2, 0.25) is 0 Å². The van der Waals surface area contributed by atoms with Gasteiger partial charge in [0.05, 0.1) is 19.1 Å². The average Bonchev–Trinajstić information content (AvgIpc) is 2.62. The summed E-state index contributed by atoms with van der Waals surface area (Å²) in [4.78, 5) is 22.8. The zero-order valence-corrected chi connectivity index (χ0v) is 13.5. The number of aromatic amines is 1. The Labute approximate surface area is 139 Å². The molecule has 1 aromatic carbocycles. The van der Waals surface area contributed by atoms with Gasteiger partial charge in [0.25, 0.3) is 11.6 Å². The SMILES string of the molecule is COc1ccc(CCCCOc2nc3ncccc3c(=O)[nH]2)cc1. The molecule has 0 unspecified atom stereocenters. The number of rotatable bonds is 7. The zero-order chi connectivity index (χ0) is 16.8. The number of hydrogen-bond acceptors (Lipinski definition) is 5. The maximum atomic E-state index is 11.9. The summed E-state index contributed by atoms with van der Waals surface area (Å²) in [5.41, 5.74) is 1.42. The van der Waals surface area contributed by atoms with Crippen LogP contribution in [0.5, 0.6) is 11.8 Å². The maximum absolute atomic E-state index is 11.9. The van der Waals surface area contributed by atoms with Crippen molar-refractivity contribution in [3.63, 3.8) is 0 Å². The third kappa shape index (κ3) is 3.90. The highest BCUT2D eigenvalue weighted by molar-refractivity contribution is 5.72. The number of pyridine rings is 1. The van der Waals surface area contributed by atoms with Crippen molar-refractivity contribution in [2.45, 2.75) is 19.3 Å². The monoisotopic (exact) mass is 325 g/mol. The molecule has 6 nitrogen and oxygen atoms in total. The molecular weight excluding hydrogens is 306 g/mol. The van der Waals surface area contributed by atoms with Gasteiger partial charge in [-0.25, -0.2) is 4.98 Å². The molecule has 2 aromatic heterocycles. The van der Waals surface area contributed by atoms with Crippen molar-refractivity contribution in [2.75, 3.05) is 13.7 Å². The van der Waals surface area contributed by atoms with E-state index in [-0.39, 0.29) is 11.6 Å². The number of benzene rings is 1. The topological polar surface area (TPSA) is 77.1 Å². The van der Waals surface area contributed by atoms with Crippen molar-refractivity contribution >= 4 is 11.0 Å². The van der Waals surface area contributed by atoms with Crippen molar-refractivity contribution in [3.8, 4) is 11.8 Å². The van der Waals surface area contributed by atoms with Gasteiger partial charge in [-0.15, -0.1) is 0 Å². The Morgan fingerprint density at radius 2 is 1.96 bits per heavy atom. The van der Waals surface area contributed by atoms with E-state index in [4.69, 9.17) is 9.47 Å². The summed E-state index contributed by atoms with van der Waals surface area (Å²) in [6.45, 7) is 0.497. The normalized spacial score (nSPS) is 10.7. The van der Waals surface area contributed by atoms with E-state index in [0.29, 0.717) is 17.6 Å².